The molecule has 6 nitrogen and oxygen atoms in total. The van der Waals surface area contributed by atoms with Crippen molar-refractivity contribution < 1.29 is 4.39 Å². The van der Waals surface area contributed by atoms with Crippen LogP contribution in [-0.4, -0.2) is 12.1 Å². The zero-order chi connectivity index (χ0) is 26.9. The van der Waals surface area contributed by atoms with Gasteiger partial charge in [0.05, 0.1) is 18.2 Å². The van der Waals surface area contributed by atoms with Crippen LogP contribution in [-0.2, 0) is 19.5 Å². The van der Waals surface area contributed by atoms with E-state index < -0.39 is 5.82 Å². The number of amidine groups is 1. The fraction of sp³-hybridized carbons (Fsp3) is 0.194. The minimum absolute atomic E-state index is 0.162. The van der Waals surface area contributed by atoms with E-state index in [1.807, 2.05) is 24.3 Å². The van der Waals surface area contributed by atoms with E-state index in [0.717, 1.165) is 48.1 Å². The lowest BCUT2D eigenvalue weighted by Crippen LogP contribution is -2.21. The molecule has 4 rings (SSSR count). The van der Waals surface area contributed by atoms with Gasteiger partial charge in [0.2, 0.25) is 0 Å². The van der Waals surface area contributed by atoms with Crippen LogP contribution in [0.3, 0.4) is 0 Å². The molecule has 0 aromatic heterocycles. The van der Waals surface area contributed by atoms with E-state index in [1.54, 1.807) is 18.3 Å². The maximum atomic E-state index is 14.5. The fourth-order valence-electron chi connectivity index (χ4n) is 4.27. The van der Waals surface area contributed by atoms with Crippen LogP contribution in [0.2, 0.25) is 0 Å². The highest BCUT2D eigenvalue weighted by atomic mass is 19.1. The molecule has 0 unspecified atom stereocenters. The molecule has 7 heteroatoms. The summed E-state index contributed by atoms with van der Waals surface area (Å²) >= 11 is 0. The molecule has 1 aliphatic carbocycles. The Morgan fingerprint density at radius 3 is 2.45 bits per heavy atom. The topological polar surface area (TPSA) is 124 Å². The van der Waals surface area contributed by atoms with E-state index in [2.05, 4.69) is 40.6 Å². The number of nitrogen functional groups attached to an aromatic ring is 1. The third kappa shape index (κ3) is 6.74. The van der Waals surface area contributed by atoms with Crippen LogP contribution in [0.5, 0.6) is 0 Å². The quantitative estimate of drug-likeness (QED) is 0.222. The fourth-order valence-corrected chi connectivity index (χ4v) is 4.27. The molecular weight excluding hydrogens is 475 g/mol. The second-order valence-corrected chi connectivity index (χ2v) is 9.30. The third-order valence-corrected chi connectivity index (χ3v) is 6.59. The van der Waals surface area contributed by atoms with Gasteiger partial charge >= 0.3 is 0 Å². The van der Waals surface area contributed by atoms with Gasteiger partial charge < -0.3 is 16.8 Å². The number of rotatable bonds is 10. The average molecular weight is 507 g/mol. The van der Waals surface area contributed by atoms with Gasteiger partial charge in [0.25, 0.3) is 0 Å². The van der Waals surface area contributed by atoms with Crippen LogP contribution < -0.4 is 16.8 Å². The largest absolute Gasteiger partial charge is 0.404 e. The zero-order valence-corrected chi connectivity index (χ0v) is 21.2. The predicted octanol–water partition coefficient (Wildman–Crippen LogP) is 5.21. The van der Waals surface area contributed by atoms with Gasteiger partial charge in [-0.25, -0.2) is 4.39 Å². The Bertz CT molecular complexity index is 1440. The Morgan fingerprint density at radius 2 is 1.82 bits per heavy atom. The van der Waals surface area contributed by atoms with Gasteiger partial charge in [0.15, 0.2) is 0 Å². The summed E-state index contributed by atoms with van der Waals surface area (Å²) in [5, 5.41) is 19.9. The molecule has 0 radical (unpaired) electrons. The molecule has 0 heterocycles. The lowest BCUT2D eigenvalue weighted by atomic mass is 9.88. The van der Waals surface area contributed by atoms with E-state index >= 15 is 0 Å². The highest BCUT2D eigenvalue weighted by molar-refractivity contribution is 5.94. The molecule has 0 spiro atoms. The Balaban J connectivity index is 1.39. The highest BCUT2D eigenvalue weighted by Crippen LogP contribution is 2.30. The summed E-state index contributed by atoms with van der Waals surface area (Å²) in [6, 6.07) is 22.7. The number of hydrogen-bond acceptors (Lipinski definition) is 5. The Kier molecular flexibility index (Phi) is 8.68. The van der Waals surface area contributed by atoms with Crippen molar-refractivity contribution in [1.29, 1.82) is 10.7 Å². The maximum absolute atomic E-state index is 14.5. The van der Waals surface area contributed by atoms with Crippen LogP contribution in [0.4, 0.5) is 4.39 Å². The van der Waals surface area contributed by atoms with E-state index in [9.17, 15) is 4.39 Å². The van der Waals surface area contributed by atoms with E-state index in [4.69, 9.17) is 22.1 Å². The molecule has 3 aromatic carbocycles. The average Bonchev–Trinajstić information content (AvgIpc) is 2.89. The van der Waals surface area contributed by atoms with Gasteiger partial charge in [-0.15, -0.1) is 0 Å². The molecule has 1 fully saturated rings. The van der Waals surface area contributed by atoms with E-state index in [1.165, 1.54) is 23.4 Å². The first-order valence-corrected chi connectivity index (χ1v) is 12.5. The number of nitriles is 1. The Hall–Kier alpha value is -4.70. The minimum Gasteiger partial charge on any atom is -0.404 e. The van der Waals surface area contributed by atoms with Crippen molar-refractivity contribution in [3.63, 3.8) is 0 Å². The Morgan fingerprint density at radius 1 is 1.05 bits per heavy atom. The summed E-state index contributed by atoms with van der Waals surface area (Å²) in [4.78, 5) is 4.62. The standard InChI is InChI=1S/C31H31FN6/c32-29-15-26(31(35)36)11-12-27(29)20-38-30(25-5-2-6-25)28(17-34)19-37-18-22-9-7-21(8-10-22)13-23-3-1-4-24(14-23)16-33/h1,3-4,7-12,14-15,17,19,38H,2,5-6,13,18,20,34H2,(H3,35,36)/b28-17+,37-19?. The number of halogens is 1. The van der Waals surface area contributed by atoms with Gasteiger partial charge in [-0.3, -0.25) is 10.4 Å². The van der Waals surface area contributed by atoms with Gasteiger partial charge in [0.1, 0.15) is 11.7 Å². The van der Waals surface area contributed by atoms with Crippen molar-refractivity contribution in [3.05, 3.63) is 129 Å². The molecule has 0 saturated heterocycles. The van der Waals surface area contributed by atoms with Crippen molar-refractivity contribution in [2.24, 2.45) is 16.5 Å². The molecule has 0 atom stereocenters. The van der Waals surface area contributed by atoms with Gasteiger partial charge in [-0.05, 0) is 66.1 Å². The SMILES string of the molecule is N#Cc1cccc(Cc2ccc(CN=C/C(=C\N)C(NCc3ccc(C(=N)N)cc3F)=C3CCC3)cc2)c1. The van der Waals surface area contributed by atoms with Crippen molar-refractivity contribution in [3.8, 4) is 6.07 Å². The summed E-state index contributed by atoms with van der Waals surface area (Å²) in [5.74, 6) is -0.568. The summed E-state index contributed by atoms with van der Waals surface area (Å²) in [5.41, 5.74) is 19.2. The van der Waals surface area contributed by atoms with Crippen LogP contribution in [0.1, 0.15) is 52.6 Å². The molecule has 0 bridgehead atoms. The molecule has 192 valence electrons. The minimum atomic E-state index is -0.406. The molecule has 38 heavy (non-hydrogen) atoms. The monoisotopic (exact) mass is 506 g/mol. The highest BCUT2D eigenvalue weighted by Gasteiger charge is 2.17. The summed E-state index contributed by atoms with van der Waals surface area (Å²) in [6.07, 6.45) is 7.12. The van der Waals surface area contributed by atoms with E-state index in [0.29, 0.717) is 23.2 Å². The zero-order valence-electron chi connectivity index (χ0n) is 21.2. The Labute approximate surface area is 222 Å². The molecule has 0 amide bonds. The smallest absolute Gasteiger partial charge is 0.128 e. The predicted molar refractivity (Wildman–Crippen MR) is 150 cm³/mol. The molecule has 1 saturated carbocycles. The first kappa shape index (κ1) is 26.4. The molecule has 1 aliphatic rings. The summed E-state index contributed by atoms with van der Waals surface area (Å²) in [7, 11) is 0. The second-order valence-electron chi connectivity index (χ2n) is 9.30. The maximum Gasteiger partial charge on any atom is 0.128 e. The number of nitrogens with one attached hydrogen (secondary N) is 2. The molecular formula is C31H31FN6. The lowest BCUT2D eigenvalue weighted by Gasteiger charge is -2.24. The van der Waals surface area contributed by atoms with Crippen LogP contribution in [0.25, 0.3) is 0 Å². The van der Waals surface area contributed by atoms with Crippen LogP contribution in [0.15, 0.2) is 94.8 Å². The van der Waals surface area contributed by atoms with Gasteiger partial charge in [-0.1, -0.05) is 48.5 Å². The van der Waals surface area contributed by atoms with Gasteiger partial charge in [-0.2, -0.15) is 5.26 Å². The number of benzene rings is 3. The number of aliphatic imine (C=N–C) groups is 1. The number of nitrogens with two attached hydrogens (primary N) is 2. The molecule has 0 aliphatic heterocycles. The van der Waals surface area contributed by atoms with E-state index in [-0.39, 0.29) is 12.4 Å². The second kappa shape index (κ2) is 12.5. The molecule has 3 aromatic rings. The normalized spacial score (nSPS) is 13.2. The lowest BCUT2D eigenvalue weighted by molar-refractivity contribution is 0.594. The summed E-state index contributed by atoms with van der Waals surface area (Å²) in [6.45, 7) is 0.790. The van der Waals surface area contributed by atoms with Crippen molar-refractivity contribution in [2.75, 3.05) is 0 Å². The number of hydrogen-bond donors (Lipinski definition) is 4. The van der Waals surface area contributed by atoms with Crippen molar-refractivity contribution >= 4 is 12.1 Å². The number of allylic oxidation sites excluding steroid dienone is 2. The number of nitrogens with zero attached hydrogens (tertiary/aromatic N) is 2. The first-order valence-electron chi connectivity index (χ1n) is 12.5. The summed E-state index contributed by atoms with van der Waals surface area (Å²) < 4.78 is 14.5. The first-order chi connectivity index (χ1) is 18.5. The van der Waals surface area contributed by atoms with Crippen molar-refractivity contribution in [2.45, 2.75) is 38.8 Å². The van der Waals surface area contributed by atoms with Crippen LogP contribution in [0, 0.1) is 22.6 Å². The van der Waals surface area contributed by atoms with Gasteiger partial charge in [0, 0.05) is 41.4 Å². The third-order valence-electron chi connectivity index (χ3n) is 6.59. The molecule has 6 N–H and O–H groups in total. The van der Waals surface area contributed by atoms with Crippen LogP contribution >= 0.6 is 0 Å². The van der Waals surface area contributed by atoms with Crippen molar-refractivity contribution in [1.82, 2.24) is 5.32 Å².